The van der Waals surface area contributed by atoms with Crippen LogP contribution in [0.5, 0.6) is 5.75 Å². The summed E-state index contributed by atoms with van der Waals surface area (Å²) in [5.41, 5.74) is -1.09. The molecular weight excluding hydrogens is 346 g/mol. The van der Waals surface area contributed by atoms with Gasteiger partial charge in [0.2, 0.25) is 10.0 Å². The number of sulfonamides is 1. The van der Waals surface area contributed by atoms with E-state index in [1.807, 2.05) is 0 Å². The van der Waals surface area contributed by atoms with Gasteiger partial charge in [0.05, 0.1) is 22.1 Å². The number of hydrogen-bond donors (Lipinski definition) is 1. The molecule has 0 aliphatic carbocycles. The summed E-state index contributed by atoms with van der Waals surface area (Å²) in [5.74, 6) is 0.564. The molecule has 0 aromatic heterocycles. The van der Waals surface area contributed by atoms with Crippen molar-refractivity contribution in [2.24, 2.45) is 0 Å². The summed E-state index contributed by atoms with van der Waals surface area (Å²) in [6, 6.07) is 4.59. The number of methoxy groups -OCH3 is 1. The average Bonchev–Trinajstić information content (AvgIpc) is 2.34. The van der Waals surface area contributed by atoms with E-state index in [0.717, 1.165) is 0 Å². The minimum Gasteiger partial charge on any atom is -0.496 e. The number of nitrogens with zero attached hydrogens (tertiary/aromatic N) is 1. The van der Waals surface area contributed by atoms with Gasteiger partial charge in [0.25, 0.3) is 0 Å². The van der Waals surface area contributed by atoms with Crippen LogP contribution in [0.4, 0.5) is 0 Å². The summed E-state index contributed by atoms with van der Waals surface area (Å²) in [7, 11) is -2.13. The number of halogens is 1. The Bertz CT molecular complexity index is 566. The molecule has 0 unspecified atom stereocenters. The first-order valence-corrected chi connectivity index (χ1v) is 8.41. The summed E-state index contributed by atoms with van der Waals surface area (Å²) in [4.78, 5) is 0.163. The molecule has 0 amide bonds. The van der Waals surface area contributed by atoms with Crippen LogP contribution in [-0.4, -0.2) is 43.6 Å². The zero-order chi connectivity index (χ0) is 15.6. The van der Waals surface area contributed by atoms with Crippen molar-refractivity contribution in [3.63, 3.8) is 0 Å². The van der Waals surface area contributed by atoms with Gasteiger partial charge in [-0.15, -0.1) is 0 Å². The fraction of sp³-hybridized carbons (Fsp3) is 0.538. The van der Waals surface area contributed by atoms with Crippen LogP contribution < -0.4 is 4.74 Å². The van der Waals surface area contributed by atoms with Gasteiger partial charge in [-0.1, -0.05) is 6.92 Å². The SMILES string of the molecule is CCN(CC(C)(C)O)S(=O)(=O)c1ccc(OC)c(Br)c1. The Morgan fingerprint density at radius 1 is 1.40 bits per heavy atom. The van der Waals surface area contributed by atoms with E-state index in [0.29, 0.717) is 10.2 Å². The molecule has 114 valence electrons. The standard InChI is InChI=1S/C13H20BrNO4S/c1-5-15(9-13(2,3)16)20(17,18)10-6-7-12(19-4)11(14)8-10/h6-8,16H,5,9H2,1-4H3. The topological polar surface area (TPSA) is 66.8 Å². The van der Waals surface area contributed by atoms with Crippen LogP contribution in [0.1, 0.15) is 20.8 Å². The van der Waals surface area contributed by atoms with Crippen molar-refractivity contribution in [1.82, 2.24) is 4.31 Å². The first-order valence-electron chi connectivity index (χ1n) is 6.18. The van der Waals surface area contributed by atoms with Crippen molar-refractivity contribution in [1.29, 1.82) is 0 Å². The largest absolute Gasteiger partial charge is 0.496 e. The van der Waals surface area contributed by atoms with E-state index in [2.05, 4.69) is 15.9 Å². The fourth-order valence-electron chi connectivity index (χ4n) is 1.75. The molecule has 1 aromatic carbocycles. The van der Waals surface area contributed by atoms with E-state index in [1.165, 1.54) is 23.5 Å². The van der Waals surface area contributed by atoms with Gasteiger partial charge in [0.15, 0.2) is 0 Å². The molecular formula is C13H20BrNO4S. The lowest BCUT2D eigenvalue weighted by Crippen LogP contribution is -2.42. The van der Waals surface area contributed by atoms with Gasteiger partial charge >= 0.3 is 0 Å². The van der Waals surface area contributed by atoms with Crippen LogP contribution in [-0.2, 0) is 10.0 Å². The molecule has 1 aromatic rings. The molecule has 0 aliphatic rings. The first kappa shape index (κ1) is 17.4. The quantitative estimate of drug-likeness (QED) is 0.839. The second kappa shape index (κ2) is 6.43. The molecule has 0 heterocycles. The molecule has 0 radical (unpaired) electrons. The van der Waals surface area contributed by atoms with Crippen LogP contribution in [0.25, 0.3) is 0 Å². The van der Waals surface area contributed by atoms with Gasteiger partial charge in [0.1, 0.15) is 5.75 Å². The van der Waals surface area contributed by atoms with E-state index < -0.39 is 15.6 Å². The molecule has 1 N–H and O–H groups in total. The summed E-state index contributed by atoms with van der Waals surface area (Å²) in [6.07, 6.45) is 0. The van der Waals surface area contributed by atoms with Crippen molar-refractivity contribution >= 4 is 26.0 Å². The lowest BCUT2D eigenvalue weighted by molar-refractivity contribution is 0.0601. The van der Waals surface area contributed by atoms with E-state index in [4.69, 9.17) is 4.74 Å². The first-order chi connectivity index (χ1) is 9.11. The van der Waals surface area contributed by atoms with Crippen LogP contribution >= 0.6 is 15.9 Å². The number of ether oxygens (including phenoxy) is 1. The Morgan fingerprint density at radius 2 is 2.00 bits per heavy atom. The molecule has 0 aliphatic heterocycles. The Morgan fingerprint density at radius 3 is 2.40 bits per heavy atom. The minimum absolute atomic E-state index is 0.0372. The lowest BCUT2D eigenvalue weighted by Gasteiger charge is -2.27. The summed E-state index contributed by atoms with van der Waals surface area (Å²) >= 11 is 3.27. The molecule has 0 spiro atoms. The highest BCUT2D eigenvalue weighted by molar-refractivity contribution is 9.10. The second-order valence-electron chi connectivity index (χ2n) is 5.04. The summed E-state index contributed by atoms with van der Waals surface area (Å²) in [5, 5.41) is 9.83. The molecule has 0 fully saturated rings. The maximum Gasteiger partial charge on any atom is 0.243 e. The van der Waals surface area contributed by atoms with E-state index in [-0.39, 0.29) is 18.0 Å². The molecule has 7 heteroatoms. The highest BCUT2D eigenvalue weighted by Crippen LogP contribution is 2.29. The molecule has 0 atom stereocenters. The summed E-state index contributed by atoms with van der Waals surface area (Å²) in [6.45, 7) is 5.22. The van der Waals surface area contributed by atoms with Gasteiger partial charge in [-0.25, -0.2) is 8.42 Å². The lowest BCUT2D eigenvalue weighted by atomic mass is 10.1. The normalized spacial score (nSPS) is 12.8. The predicted octanol–water partition coefficient (Wildman–Crippen LogP) is 2.24. The molecule has 0 bridgehead atoms. The molecule has 0 saturated heterocycles. The third kappa shape index (κ3) is 4.18. The predicted molar refractivity (Wildman–Crippen MR) is 81.4 cm³/mol. The van der Waals surface area contributed by atoms with Crippen molar-refractivity contribution in [2.45, 2.75) is 31.3 Å². The smallest absolute Gasteiger partial charge is 0.243 e. The van der Waals surface area contributed by atoms with Gasteiger partial charge in [-0.05, 0) is 48.0 Å². The number of hydrogen-bond acceptors (Lipinski definition) is 4. The van der Waals surface area contributed by atoms with Crippen LogP contribution in [0.3, 0.4) is 0 Å². The van der Waals surface area contributed by atoms with Crippen LogP contribution in [0, 0.1) is 0 Å². The van der Waals surface area contributed by atoms with Crippen LogP contribution in [0.2, 0.25) is 0 Å². The number of rotatable bonds is 6. The molecule has 1 rings (SSSR count). The Hall–Kier alpha value is -0.630. The minimum atomic E-state index is -3.64. The molecule has 0 saturated carbocycles. The van der Waals surface area contributed by atoms with Crippen molar-refractivity contribution in [3.05, 3.63) is 22.7 Å². The third-order valence-electron chi connectivity index (χ3n) is 2.68. The Balaban J connectivity index is 3.17. The van der Waals surface area contributed by atoms with E-state index in [1.54, 1.807) is 26.8 Å². The van der Waals surface area contributed by atoms with Gasteiger partial charge in [-0.2, -0.15) is 4.31 Å². The maximum absolute atomic E-state index is 12.5. The monoisotopic (exact) mass is 365 g/mol. The molecule has 5 nitrogen and oxygen atoms in total. The number of benzene rings is 1. The second-order valence-corrected chi connectivity index (χ2v) is 7.83. The van der Waals surface area contributed by atoms with Gasteiger partial charge < -0.3 is 9.84 Å². The fourth-order valence-corrected chi connectivity index (χ4v) is 4.08. The maximum atomic E-state index is 12.5. The average molecular weight is 366 g/mol. The third-order valence-corrected chi connectivity index (χ3v) is 5.21. The number of aliphatic hydroxyl groups is 1. The Kier molecular flexibility index (Phi) is 5.60. The Labute approximate surface area is 128 Å². The van der Waals surface area contributed by atoms with Gasteiger partial charge in [-0.3, -0.25) is 0 Å². The van der Waals surface area contributed by atoms with E-state index in [9.17, 15) is 13.5 Å². The highest BCUT2D eigenvalue weighted by Gasteiger charge is 2.28. The van der Waals surface area contributed by atoms with Crippen LogP contribution in [0.15, 0.2) is 27.6 Å². The highest BCUT2D eigenvalue weighted by atomic mass is 79.9. The zero-order valence-corrected chi connectivity index (χ0v) is 14.5. The van der Waals surface area contributed by atoms with E-state index >= 15 is 0 Å². The van der Waals surface area contributed by atoms with Crippen molar-refractivity contribution in [2.75, 3.05) is 20.2 Å². The van der Waals surface area contributed by atoms with Gasteiger partial charge in [0, 0.05) is 13.1 Å². The zero-order valence-electron chi connectivity index (χ0n) is 12.1. The van der Waals surface area contributed by atoms with Crippen molar-refractivity contribution in [3.8, 4) is 5.75 Å². The molecule has 20 heavy (non-hydrogen) atoms. The summed E-state index contributed by atoms with van der Waals surface area (Å²) < 4.78 is 32.0. The number of likely N-dealkylation sites (N-methyl/N-ethyl adjacent to an activating group) is 1. The van der Waals surface area contributed by atoms with Crippen molar-refractivity contribution < 1.29 is 18.3 Å².